The molecule has 0 radical (unpaired) electrons. The summed E-state index contributed by atoms with van der Waals surface area (Å²) in [5, 5.41) is 19.2. The molecule has 3 heteroatoms. The van der Waals surface area contributed by atoms with Crippen LogP contribution in [0.3, 0.4) is 0 Å². The second-order valence-corrected chi connectivity index (χ2v) is 4.12. The molecule has 2 aliphatic carbocycles. The number of ether oxygens (including phenoxy) is 1. The first-order chi connectivity index (χ1) is 7.13. The molecule has 0 aliphatic heterocycles. The zero-order chi connectivity index (χ0) is 11.0. The van der Waals surface area contributed by atoms with E-state index in [2.05, 4.69) is 6.58 Å². The maximum Gasteiger partial charge on any atom is 0.103 e. The Bertz CT molecular complexity index is 341. The van der Waals surface area contributed by atoms with Gasteiger partial charge in [0.2, 0.25) is 0 Å². The van der Waals surface area contributed by atoms with Gasteiger partial charge in [-0.05, 0) is 16.7 Å². The van der Waals surface area contributed by atoms with Crippen LogP contribution in [0.1, 0.15) is 12.8 Å². The molecule has 0 spiro atoms. The van der Waals surface area contributed by atoms with Gasteiger partial charge in [-0.3, -0.25) is 0 Å². The Morgan fingerprint density at radius 3 is 2.60 bits per heavy atom. The third-order valence-corrected chi connectivity index (χ3v) is 3.10. The molecule has 0 saturated heterocycles. The Kier molecular flexibility index (Phi) is 2.78. The van der Waals surface area contributed by atoms with E-state index in [0.29, 0.717) is 12.8 Å². The topological polar surface area (TPSA) is 49.7 Å². The van der Waals surface area contributed by atoms with E-state index in [1.807, 2.05) is 12.2 Å². The van der Waals surface area contributed by atoms with E-state index in [1.54, 1.807) is 7.11 Å². The molecule has 15 heavy (non-hydrogen) atoms. The summed E-state index contributed by atoms with van der Waals surface area (Å²) in [7, 11) is 1.64. The summed E-state index contributed by atoms with van der Waals surface area (Å²) in [6.07, 6.45) is 3.38. The van der Waals surface area contributed by atoms with Crippen LogP contribution in [-0.4, -0.2) is 35.6 Å². The average molecular weight is 208 g/mol. The third-order valence-electron chi connectivity index (χ3n) is 3.10. The molecule has 0 bridgehead atoms. The Hall–Kier alpha value is -0.900. The lowest BCUT2D eigenvalue weighted by Crippen LogP contribution is -2.35. The standard InChI is InChI=1S/C12H16O3/c1-7-3-4-8-5-10(13)11(14)6-9(8)12(7)15-2/h3-4,10-14H,1,5-6H2,2H3. The first-order valence-corrected chi connectivity index (χ1v) is 5.11. The van der Waals surface area contributed by atoms with Gasteiger partial charge in [-0.1, -0.05) is 18.7 Å². The van der Waals surface area contributed by atoms with Crippen LogP contribution in [0.5, 0.6) is 0 Å². The summed E-state index contributed by atoms with van der Waals surface area (Å²) in [5.41, 5.74) is 3.04. The molecule has 0 amide bonds. The van der Waals surface area contributed by atoms with Gasteiger partial charge in [0.05, 0.1) is 12.2 Å². The van der Waals surface area contributed by atoms with Gasteiger partial charge in [0.25, 0.3) is 0 Å². The van der Waals surface area contributed by atoms with Gasteiger partial charge in [-0.25, -0.2) is 0 Å². The summed E-state index contributed by atoms with van der Waals surface area (Å²) >= 11 is 0. The average Bonchev–Trinajstić information content (AvgIpc) is 2.21. The molecule has 82 valence electrons. The number of hydrogen-bond donors (Lipinski definition) is 2. The van der Waals surface area contributed by atoms with Crippen molar-refractivity contribution in [1.82, 2.24) is 0 Å². The second kappa shape index (κ2) is 3.93. The summed E-state index contributed by atoms with van der Waals surface area (Å²) in [6.45, 7) is 3.91. The number of aliphatic hydroxyl groups is 2. The van der Waals surface area contributed by atoms with E-state index in [-0.39, 0.29) is 6.10 Å². The molecule has 0 fully saturated rings. The molecule has 0 aromatic rings. The van der Waals surface area contributed by atoms with Crippen LogP contribution in [-0.2, 0) is 4.74 Å². The summed E-state index contributed by atoms with van der Waals surface area (Å²) in [5.74, 6) is 0. The third kappa shape index (κ3) is 1.78. The van der Waals surface area contributed by atoms with Crippen LogP contribution in [0.15, 0.2) is 35.5 Å². The van der Waals surface area contributed by atoms with Crippen LogP contribution in [0.4, 0.5) is 0 Å². The minimum absolute atomic E-state index is 0.132. The summed E-state index contributed by atoms with van der Waals surface area (Å²) < 4.78 is 5.36. The van der Waals surface area contributed by atoms with Gasteiger partial charge < -0.3 is 14.9 Å². The Labute approximate surface area is 89.4 Å². The van der Waals surface area contributed by atoms with Crippen molar-refractivity contribution in [2.75, 3.05) is 7.11 Å². The maximum absolute atomic E-state index is 9.62. The van der Waals surface area contributed by atoms with E-state index >= 15 is 0 Å². The Morgan fingerprint density at radius 2 is 1.93 bits per heavy atom. The van der Waals surface area contributed by atoms with Gasteiger partial charge in [-0.15, -0.1) is 0 Å². The van der Waals surface area contributed by atoms with Gasteiger partial charge in [-0.2, -0.15) is 0 Å². The van der Waals surface area contributed by atoms with Crippen LogP contribution in [0, 0.1) is 0 Å². The van der Waals surface area contributed by atoms with Crippen LogP contribution < -0.4 is 0 Å². The number of rotatable bonds is 1. The number of allylic oxidation sites excluding steroid dienone is 1. The molecule has 2 rings (SSSR count). The zero-order valence-corrected chi connectivity index (χ0v) is 8.81. The van der Waals surface area contributed by atoms with Crippen molar-refractivity contribution >= 4 is 0 Å². The van der Waals surface area contributed by atoms with E-state index in [9.17, 15) is 10.2 Å². The van der Waals surface area contributed by atoms with Crippen LogP contribution in [0.2, 0.25) is 0 Å². The van der Waals surface area contributed by atoms with E-state index in [4.69, 9.17) is 4.74 Å². The highest BCUT2D eigenvalue weighted by atomic mass is 16.5. The molecule has 0 aromatic carbocycles. The van der Waals surface area contributed by atoms with Gasteiger partial charge >= 0.3 is 0 Å². The molecule has 0 heterocycles. The molecule has 2 N–H and O–H groups in total. The van der Waals surface area contributed by atoms with Crippen molar-refractivity contribution in [2.24, 2.45) is 0 Å². The van der Waals surface area contributed by atoms with Crippen molar-refractivity contribution in [3.8, 4) is 0 Å². The highest BCUT2D eigenvalue weighted by Gasteiger charge is 2.32. The molecule has 3 unspecified atom stereocenters. The minimum Gasteiger partial charge on any atom is -0.390 e. The maximum atomic E-state index is 9.62. The zero-order valence-electron chi connectivity index (χ0n) is 8.81. The predicted molar refractivity (Wildman–Crippen MR) is 57.4 cm³/mol. The largest absolute Gasteiger partial charge is 0.390 e. The van der Waals surface area contributed by atoms with Gasteiger partial charge in [0.1, 0.15) is 6.10 Å². The van der Waals surface area contributed by atoms with Crippen LogP contribution in [0.25, 0.3) is 0 Å². The lowest BCUT2D eigenvalue weighted by atomic mass is 9.80. The molecule has 0 aromatic heterocycles. The predicted octanol–water partition coefficient (Wildman–Crippen LogP) is 0.940. The van der Waals surface area contributed by atoms with Crippen molar-refractivity contribution in [1.29, 1.82) is 0 Å². The first kappa shape index (κ1) is 10.6. The highest BCUT2D eigenvalue weighted by Crippen LogP contribution is 2.35. The first-order valence-electron chi connectivity index (χ1n) is 5.11. The monoisotopic (exact) mass is 208 g/mol. The molecular formula is C12H16O3. The Morgan fingerprint density at radius 1 is 1.27 bits per heavy atom. The molecule has 0 saturated carbocycles. The lowest BCUT2D eigenvalue weighted by Gasteiger charge is -2.33. The molecular weight excluding hydrogens is 192 g/mol. The SMILES string of the molecule is C=C1C=CC2=C(CC(O)C(O)C2)C1OC. The summed E-state index contributed by atoms with van der Waals surface area (Å²) in [6, 6.07) is 0. The molecule has 2 aliphatic rings. The fourth-order valence-electron chi connectivity index (χ4n) is 2.25. The molecule has 3 nitrogen and oxygen atoms in total. The van der Waals surface area contributed by atoms with Crippen LogP contribution >= 0.6 is 0 Å². The number of aliphatic hydroxyl groups excluding tert-OH is 2. The lowest BCUT2D eigenvalue weighted by molar-refractivity contribution is 0.00906. The normalized spacial score (nSPS) is 35.7. The fourth-order valence-corrected chi connectivity index (χ4v) is 2.25. The number of methoxy groups -OCH3 is 1. The highest BCUT2D eigenvalue weighted by molar-refractivity contribution is 5.45. The van der Waals surface area contributed by atoms with E-state index < -0.39 is 12.2 Å². The van der Waals surface area contributed by atoms with Crippen molar-refractivity contribution in [3.63, 3.8) is 0 Å². The Balaban J connectivity index is 2.32. The van der Waals surface area contributed by atoms with Gasteiger partial charge in [0.15, 0.2) is 0 Å². The van der Waals surface area contributed by atoms with Crippen molar-refractivity contribution in [3.05, 3.63) is 35.5 Å². The fraction of sp³-hybridized carbons (Fsp3) is 0.500. The van der Waals surface area contributed by atoms with Crippen molar-refractivity contribution < 1.29 is 14.9 Å². The summed E-state index contributed by atoms with van der Waals surface area (Å²) in [4.78, 5) is 0. The van der Waals surface area contributed by atoms with Gasteiger partial charge in [0, 0.05) is 20.0 Å². The quantitative estimate of drug-likeness (QED) is 0.674. The smallest absolute Gasteiger partial charge is 0.103 e. The van der Waals surface area contributed by atoms with E-state index in [0.717, 1.165) is 16.7 Å². The van der Waals surface area contributed by atoms with Crippen molar-refractivity contribution in [2.45, 2.75) is 31.2 Å². The number of hydrogen-bond acceptors (Lipinski definition) is 3. The van der Waals surface area contributed by atoms with E-state index in [1.165, 1.54) is 0 Å². The second-order valence-electron chi connectivity index (χ2n) is 4.12. The molecule has 3 atom stereocenters. The minimum atomic E-state index is -0.680.